The van der Waals surface area contributed by atoms with Gasteiger partial charge in [0.05, 0.1) is 6.07 Å². The molecular weight excluding hydrogens is 285 g/mol. The lowest BCUT2D eigenvalue weighted by Gasteiger charge is -2.00. The molecule has 0 radical (unpaired) electrons. The van der Waals surface area contributed by atoms with Gasteiger partial charge in [-0.2, -0.15) is 10.2 Å². The fraction of sp³-hybridized carbons (Fsp3) is 0.308. The number of aromatic nitrogens is 2. The number of benzene rings is 1. The van der Waals surface area contributed by atoms with Crippen molar-refractivity contribution in [1.29, 1.82) is 5.26 Å². The highest BCUT2D eigenvalue weighted by Crippen LogP contribution is 2.25. The fourth-order valence-electron chi connectivity index (χ4n) is 1.66. The first-order chi connectivity index (χ1) is 9.08. The van der Waals surface area contributed by atoms with E-state index >= 15 is 0 Å². The van der Waals surface area contributed by atoms with Crippen molar-refractivity contribution < 1.29 is 4.52 Å². The van der Waals surface area contributed by atoms with Gasteiger partial charge in [0.25, 0.3) is 0 Å². The van der Waals surface area contributed by atoms with Crippen LogP contribution in [0.25, 0.3) is 11.4 Å². The molecule has 0 aliphatic carbocycles. The lowest BCUT2D eigenvalue weighted by Crippen LogP contribution is -1.98. The van der Waals surface area contributed by atoms with E-state index in [0.717, 1.165) is 0 Å². The molecule has 0 saturated heterocycles. The minimum Gasteiger partial charge on any atom is -0.339 e. The number of hydrogen-bond donors (Lipinski definition) is 0. The first-order valence-corrected chi connectivity index (χ1v) is 6.50. The van der Waals surface area contributed by atoms with Gasteiger partial charge in [-0.1, -0.05) is 35.3 Å². The Labute approximate surface area is 120 Å². The fourth-order valence-corrected chi connectivity index (χ4v) is 2.19. The molecular formula is C13H11Cl2N3O. The third kappa shape index (κ3) is 3.69. The van der Waals surface area contributed by atoms with Crippen LogP contribution in [0.15, 0.2) is 22.7 Å². The van der Waals surface area contributed by atoms with Crippen LogP contribution in [0.4, 0.5) is 0 Å². The molecule has 0 aliphatic heterocycles. The molecule has 2 rings (SSSR count). The van der Waals surface area contributed by atoms with Crippen molar-refractivity contribution in [3.05, 3.63) is 34.1 Å². The van der Waals surface area contributed by atoms with E-state index in [1.54, 1.807) is 18.2 Å². The summed E-state index contributed by atoms with van der Waals surface area (Å²) in [5.41, 5.74) is 0.709. The molecule has 19 heavy (non-hydrogen) atoms. The third-order valence-electron chi connectivity index (χ3n) is 2.55. The Morgan fingerprint density at radius 3 is 2.63 bits per heavy atom. The second-order valence-electron chi connectivity index (χ2n) is 4.34. The first kappa shape index (κ1) is 13.9. The maximum Gasteiger partial charge on any atom is 0.227 e. The van der Waals surface area contributed by atoms with Gasteiger partial charge in [-0.05, 0) is 24.1 Å². The first-order valence-electron chi connectivity index (χ1n) is 5.74. The molecule has 98 valence electrons. The summed E-state index contributed by atoms with van der Waals surface area (Å²) >= 11 is 11.9. The van der Waals surface area contributed by atoms with Crippen LogP contribution in [0.3, 0.4) is 0 Å². The zero-order chi connectivity index (χ0) is 13.8. The Morgan fingerprint density at radius 1 is 1.32 bits per heavy atom. The van der Waals surface area contributed by atoms with E-state index in [2.05, 4.69) is 16.2 Å². The van der Waals surface area contributed by atoms with E-state index in [1.165, 1.54) is 0 Å². The zero-order valence-corrected chi connectivity index (χ0v) is 11.7. The maximum absolute atomic E-state index is 8.61. The average Bonchev–Trinajstić information content (AvgIpc) is 2.76. The van der Waals surface area contributed by atoms with Crippen molar-refractivity contribution in [2.24, 2.45) is 5.92 Å². The van der Waals surface area contributed by atoms with E-state index in [4.69, 9.17) is 33.0 Å². The molecule has 6 heteroatoms. The molecule has 2 aromatic rings. The van der Waals surface area contributed by atoms with Crippen LogP contribution in [0, 0.1) is 17.2 Å². The van der Waals surface area contributed by atoms with Gasteiger partial charge in [0.1, 0.15) is 0 Å². The van der Waals surface area contributed by atoms with Crippen molar-refractivity contribution in [3.63, 3.8) is 0 Å². The molecule has 1 aromatic heterocycles. The van der Waals surface area contributed by atoms with Gasteiger partial charge < -0.3 is 4.52 Å². The monoisotopic (exact) mass is 295 g/mol. The lowest BCUT2D eigenvalue weighted by atomic mass is 10.1. The van der Waals surface area contributed by atoms with Crippen molar-refractivity contribution in [2.45, 2.75) is 19.8 Å². The van der Waals surface area contributed by atoms with Crippen molar-refractivity contribution in [2.75, 3.05) is 0 Å². The molecule has 0 bridgehead atoms. The predicted molar refractivity (Wildman–Crippen MR) is 72.9 cm³/mol. The SMILES string of the molecule is CC(CC#N)Cc1nc(-c2cc(Cl)cc(Cl)c2)no1. The molecule has 0 aliphatic rings. The largest absolute Gasteiger partial charge is 0.339 e. The number of nitriles is 1. The van der Waals surface area contributed by atoms with Gasteiger partial charge in [0.2, 0.25) is 11.7 Å². The van der Waals surface area contributed by atoms with Crippen LogP contribution >= 0.6 is 23.2 Å². The number of halogens is 2. The molecule has 0 N–H and O–H groups in total. The molecule has 4 nitrogen and oxygen atoms in total. The topological polar surface area (TPSA) is 62.7 Å². The molecule has 0 fully saturated rings. The van der Waals surface area contributed by atoms with Gasteiger partial charge in [0.15, 0.2) is 0 Å². The Bertz CT molecular complexity index is 598. The Morgan fingerprint density at radius 2 is 2.00 bits per heavy atom. The van der Waals surface area contributed by atoms with Crippen molar-refractivity contribution in [1.82, 2.24) is 10.1 Å². The van der Waals surface area contributed by atoms with E-state index in [-0.39, 0.29) is 5.92 Å². The molecule has 0 amide bonds. The summed E-state index contributed by atoms with van der Waals surface area (Å²) in [5, 5.41) is 13.5. The van der Waals surface area contributed by atoms with E-state index < -0.39 is 0 Å². The van der Waals surface area contributed by atoms with Gasteiger partial charge in [-0.15, -0.1) is 0 Å². The maximum atomic E-state index is 8.61. The molecule has 1 atom stereocenters. The molecule has 0 saturated carbocycles. The summed E-state index contributed by atoms with van der Waals surface area (Å²) in [6.45, 7) is 1.96. The van der Waals surface area contributed by atoms with Crippen LogP contribution in [0.5, 0.6) is 0 Å². The summed E-state index contributed by atoms with van der Waals surface area (Å²) < 4.78 is 5.16. The summed E-state index contributed by atoms with van der Waals surface area (Å²) in [5.74, 6) is 1.14. The average molecular weight is 296 g/mol. The number of nitrogens with zero attached hydrogens (tertiary/aromatic N) is 3. The second-order valence-corrected chi connectivity index (χ2v) is 5.21. The minimum absolute atomic E-state index is 0.182. The minimum atomic E-state index is 0.182. The summed E-state index contributed by atoms with van der Waals surface area (Å²) in [7, 11) is 0. The Balaban J connectivity index is 2.19. The van der Waals surface area contributed by atoms with Crippen LogP contribution < -0.4 is 0 Å². The van der Waals surface area contributed by atoms with Crippen LogP contribution in [-0.4, -0.2) is 10.1 Å². The van der Waals surface area contributed by atoms with Crippen molar-refractivity contribution >= 4 is 23.2 Å². The molecule has 1 aromatic carbocycles. The Hall–Kier alpha value is -1.57. The highest BCUT2D eigenvalue weighted by Gasteiger charge is 2.12. The van der Waals surface area contributed by atoms with Crippen LogP contribution in [-0.2, 0) is 6.42 Å². The Kier molecular flexibility index (Phi) is 4.41. The standard InChI is InChI=1S/C13H11Cl2N3O/c1-8(2-3-16)4-12-17-13(18-19-12)9-5-10(14)7-11(15)6-9/h5-8H,2,4H2,1H3. The molecule has 1 heterocycles. The number of rotatable bonds is 4. The van der Waals surface area contributed by atoms with Crippen LogP contribution in [0.2, 0.25) is 10.0 Å². The smallest absolute Gasteiger partial charge is 0.227 e. The molecule has 1 unspecified atom stereocenters. The quantitative estimate of drug-likeness (QED) is 0.850. The summed E-state index contributed by atoms with van der Waals surface area (Å²) in [6, 6.07) is 7.20. The lowest BCUT2D eigenvalue weighted by molar-refractivity contribution is 0.359. The predicted octanol–water partition coefficient (Wildman–Crippen LogP) is 4.14. The van der Waals surface area contributed by atoms with E-state index in [0.29, 0.717) is 40.2 Å². The van der Waals surface area contributed by atoms with Crippen LogP contribution in [0.1, 0.15) is 19.2 Å². The van der Waals surface area contributed by atoms with Crippen molar-refractivity contribution in [3.8, 4) is 17.5 Å². The van der Waals surface area contributed by atoms with Gasteiger partial charge >= 0.3 is 0 Å². The van der Waals surface area contributed by atoms with Gasteiger partial charge in [-0.3, -0.25) is 0 Å². The van der Waals surface area contributed by atoms with Gasteiger partial charge in [-0.25, -0.2) is 0 Å². The normalized spacial score (nSPS) is 12.1. The third-order valence-corrected chi connectivity index (χ3v) is 2.99. The highest BCUT2D eigenvalue weighted by atomic mass is 35.5. The second kappa shape index (κ2) is 6.05. The van der Waals surface area contributed by atoms with Gasteiger partial charge in [0, 0.05) is 28.5 Å². The highest BCUT2D eigenvalue weighted by molar-refractivity contribution is 6.35. The molecule has 0 spiro atoms. The summed E-state index contributed by atoms with van der Waals surface area (Å²) in [6.07, 6.45) is 1.04. The number of hydrogen-bond acceptors (Lipinski definition) is 4. The summed E-state index contributed by atoms with van der Waals surface area (Å²) in [4.78, 5) is 4.28. The van der Waals surface area contributed by atoms with E-state index in [1.807, 2.05) is 6.92 Å². The van der Waals surface area contributed by atoms with E-state index in [9.17, 15) is 0 Å². The zero-order valence-electron chi connectivity index (χ0n) is 10.2.